The first-order chi connectivity index (χ1) is 10.6. The first-order valence-electron chi connectivity index (χ1n) is 7.33. The lowest BCUT2D eigenvalue weighted by molar-refractivity contribution is 0.264. The van der Waals surface area contributed by atoms with Crippen molar-refractivity contribution < 1.29 is 14.0 Å². The van der Waals surface area contributed by atoms with E-state index in [0.29, 0.717) is 18.5 Å². The summed E-state index contributed by atoms with van der Waals surface area (Å²) < 4.78 is 17.2. The van der Waals surface area contributed by atoms with Crippen LogP contribution in [0.4, 0.5) is 5.69 Å². The van der Waals surface area contributed by atoms with Gasteiger partial charge in [-0.05, 0) is 42.8 Å². The third kappa shape index (κ3) is 4.95. The van der Waals surface area contributed by atoms with Crippen LogP contribution in [0.3, 0.4) is 0 Å². The lowest BCUT2D eigenvalue weighted by atomic mass is 10.3. The number of nitrogens with zero attached hydrogens (tertiary/aromatic N) is 1. The summed E-state index contributed by atoms with van der Waals surface area (Å²) in [6.45, 7) is 2.90. The number of hydrogen-bond donors (Lipinski definition) is 2. The molecule has 0 aliphatic heterocycles. The topological polar surface area (TPSA) is 71.5 Å². The molecule has 22 heavy (non-hydrogen) atoms. The van der Waals surface area contributed by atoms with E-state index in [4.69, 9.17) is 4.52 Å². The molecule has 0 bridgehead atoms. The summed E-state index contributed by atoms with van der Waals surface area (Å²) in [6, 6.07) is 12.5. The Morgan fingerprint density at radius 2 is 2.00 bits per heavy atom. The van der Waals surface area contributed by atoms with Crippen LogP contribution in [0.2, 0.25) is 0 Å². The van der Waals surface area contributed by atoms with Gasteiger partial charge in [-0.2, -0.15) is 0 Å². The second kappa shape index (κ2) is 8.08. The van der Waals surface area contributed by atoms with Gasteiger partial charge < -0.3 is 14.7 Å². The Morgan fingerprint density at radius 3 is 2.64 bits per heavy atom. The SMILES string of the molecule is CCCCOP(=O)(O)c1ccc(NCc2ccccn2)cc1. The number of unbranched alkanes of at least 4 members (excludes halogenated alkanes) is 1. The van der Waals surface area contributed by atoms with Crippen molar-refractivity contribution in [3.05, 3.63) is 54.4 Å². The van der Waals surface area contributed by atoms with Crippen LogP contribution >= 0.6 is 7.60 Å². The van der Waals surface area contributed by atoms with Crippen LogP contribution < -0.4 is 10.6 Å². The molecule has 0 aliphatic carbocycles. The quantitative estimate of drug-likeness (QED) is 0.577. The molecule has 0 aliphatic rings. The number of hydrogen-bond acceptors (Lipinski definition) is 4. The predicted octanol–water partition coefficient (Wildman–Crippen LogP) is 3.32. The third-order valence-corrected chi connectivity index (χ3v) is 4.64. The first kappa shape index (κ1) is 16.7. The van der Waals surface area contributed by atoms with E-state index in [2.05, 4.69) is 10.3 Å². The molecule has 5 nitrogen and oxygen atoms in total. The van der Waals surface area contributed by atoms with Crippen LogP contribution in [0.1, 0.15) is 25.5 Å². The Hall–Kier alpha value is -1.68. The van der Waals surface area contributed by atoms with Gasteiger partial charge in [-0.15, -0.1) is 0 Å². The second-order valence-corrected chi connectivity index (χ2v) is 6.74. The molecule has 2 N–H and O–H groups in total. The van der Waals surface area contributed by atoms with Crippen molar-refractivity contribution in [3.8, 4) is 0 Å². The maximum absolute atomic E-state index is 12.1. The van der Waals surface area contributed by atoms with Gasteiger partial charge in [0.1, 0.15) is 0 Å². The second-order valence-electron chi connectivity index (χ2n) is 4.93. The van der Waals surface area contributed by atoms with E-state index >= 15 is 0 Å². The van der Waals surface area contributed by atoms with E-state index in [-0.39, 0.29) is 0 Å². The molecule has 1 heterocycles. The largest absolute Gasteiger partial charge is 0.379 e. The van der Waals surface area contributed by atoms with Crippen molar-refractivity contribution in [1.82, 2.24) is 4.98 Å². The number of benzene rings is 1. The fourth-order valence-corrected chi connectivity index (χ4v) is 2.92. The molecule has 1 aromatic carbocycles. The van der Waals surface area contributed by atoms with Gasteiger partial charge in [0.2, 0.25) is 0 Å². The highest BCUT2D eigenvalue weighted by Crippen LogP contribution is 2.40. The van der Waals surface area contributed by atoms with Gasteiger partial charge in [-0.3, -0.25) is 9.55 Å². The maximum Gasteiger partial charge on any atom is 0.358 e. The fraction of sp³-hybridized carbons (Fsp3) is 0.312. The van der Waals surface area contributed by atoms with Crippen LogP contribution in [-0.4, -0.2) is 16.5 Å². The van der Waals surface area contributed by atoms with E-state index in [9.17, 15) is 9.46 Å². The average molecular weight is 320 g/mol. The third-order valence-electron chi connectivity index (χ3n) is 3.16. The zero-order valence-corrected chi connectivity index (χ0v) is 13.5. The number of pyridine rings is 1. The molecule has 0 amide bonds. The van der Waals surface area contributed by atoms with E-state index < -0.39 is 7.60 Å². The van der Waals surface area contributed by atoms with Crippen LogP contribution in [-0.2, 0) is 15.6 Å². The maximum atomic E-state index is 12.1. The summed E-state index contributed by atoms with van der Waals surface area (Å²) in [5.74, 6) is 0. The number of nitrogens with one attached hydrogen (secondary N) is 1. The molecule has 1 aromatic heterocycles. The Morgan fingerprint density at radius 1 is 1.23 bits per heavy atom. The summed E-state index contributed by atoms with van der Waals surface area (Å²) >= 11 is 0. The van der Waals surface area contributed by atoms with E-state index in [1.165, 1.54) is 0 Å². The van der Waals surface area contributed by atoms with Crippen molar-refractivity contribution in [2.75, 3.05) is 11.9 Å². The van der Waals surface area contributed by atoms with Gasteiger partial charge >= 0.3 is 7.60 Å². The summed E-state index contributed by atoms with van der Waals surface area (Å²) in [5, 5.41) is 3.53. The molecule has 0 fully saturated rings. The summed E-state index contributed by atoms with van der Waals surface area (Å²) in [5.41, 5.74) is 1.80. The Bertz CT molecular complexity index is 617. The van der Waals surface area contributed by atoms with Crippen LogP contribution in [0.25, 0.3) is 0 Å². The van der Waals surface area contributed by atoms with Crippen molar-refractivity contribution >= 4 is 18.6 Å². The molecule has 2 aromatic rings. The fourth-order valence-electron chi connectivity index (χ4n) is 1.87. The normalized spacial score (nSPS) is 13.5. The van der Waals surface area contributed by atoms with Crippen molar-refractivity contribution in [2.45, 2.75) is 26.3 Å². The highest BCUT2D eigenvalue weighted by molar-refractivity contribution is 7.61. The van der Waals surface area contributed by atoms with Gasteiger partial charge in [-0.25, -0.2) is 0 Å². The molecule has 0 spiro atoms. The molecule has 6 heteroatoms. The molecule has 0 radical (unpaired) electrons. The minimum Gasteiger partial charge on any atom is -0.379 e. The lowest BCUT2D eigenvalue weighted by Crippen LogP contribution is -2.08. The number of rotatable bonds is 8. The zero-order chi connectivity index (χ0) is 15.8. The summed E-state index contributed by atoms with van der Waals surface area (Å²) in [7, 11) is -3.71. The van der Waals surface area contributed by atoms with Gasteiger partial charge in [0.15, 0.2) is 0 Å². The molecule has 118 valence electrons. The van der Waals surface area contributed by atoms with E-state index in [1.54, 1.807) is 30.5 Å². The minimum atomic E-state index is -3.71. The van der Waals surface area contributed by atoms with Crippen molar-refractivity contribution in [1.29, 1.82) is 0 Å². The molecule has 0 saturated heterocycles. The Balaban J connectivity index is 1.93. The van der Waals surface area contributed by atoms with Crippen LogP contribution in [0.15, 0.2) is 48.7 Å². The van der Waals surface area contributed by atoms with Crippen LogP contribution in [0.5, 0.6) is 0 Å². The lowest BCUT2D eigenvalue weighted by Gasteiger charge is -2.13. The van der Waals surface area contributed by atoms with Crippen molar-refractivity contribution in [2.24, 2.45) is 0 Å². The zero-order valence-electron chi connectivity index (χ0n) is 12.6. The summed E-state index contributed by atoms with van der Waals surface area (Å²) in [6.07, 6.45) is 3.44. The number of anilines is 1. The van der Waals surface area contributed by atoms with Gasteiger partial charge in [0.25, 0.3) is 0 Å². The smallest absolute Gasteiger partial charge is 0.358 e. The van der Waals surface area contributed by atoms with Gasteiger partial charge in [0.05, 0.1) is 24.2 Å². The Kier molecular flexibility index (Phi) is 6.13. The minimum absolute atomic E-state index is 0.296. The van der Waals surface area contributed by atoms with Crippen LogP contribution in [0, 0.1) is 0 Å². The Labute approximate surface area is 130 Å². The highest BCUT2D eigenvalue weighted by Gasteiger charge is 2.21. The van der Waals surface area contributed by atoms with E-state index in [1.807, 2.05) is 25.1 Å². The molecule has 1 unspecified atom stereocenters. The molecule has 0 saturated carbocycles. The van der Waals surface area contributed by atoms with Gasteiger partial charge in [-0.1, -0.05) is 19.4 Å². The molecule has 2 rings (SSSR count). The summed E-state index contributed by atoms with van der Waals surface area (Å²) in [4.78, 5) is 14.1. The monoisotopic (exact) mass is 320 g/mol. The molecular formula is C16H21N2O3P. The average Bonchev–Trinajstić information content (AvgIpc) is 2.54. The highest BCUT2D eigenvalue weighted by atomic mass is 31.2. The van der Waals surface area contributed by atoms with E-state index in [0.717, 1.165) is 24.2 Å². The van der Waals surface area contributed by atoms with Gasteiger partial charge in [0, 0.05) is 11.9 Å². The molecule has 1 atom stereocenters. The standard InChI is InChI=1S/C16H21N2O3P/c1-2-3-12-21-22(19,20)16-9-7-14(8-10-16)18-13-15-6-4-5-11-17-15/h4-11,18H,2-3,12-13H2,1H3,(H,19,20). The number of aromatic nitrogens is 1. The van der Waals surface area contributed by atoms with Crippen molar-refractivity contribution in [3.63, 3.8) is 0 Å². The first-order valence-corrected chi connectivity index (χ1v) is 8.91. The molecular weight excluding hydrogens is 299 g/mol. The predicted molar refractivity (Wildman–Crippen MR) is 88.3 cm³/mol.